The van der Waals surface area contributed by atoms with Gasteiger partial charge in [-0.1, -0.05) is 6.07 Å². The van der Waals surface area contributed by atoms with Gasteiger partial charge in [0.1, 0.15) is 6.10 Å². The quantitative estimate of drug-likeness (QED) is 0.855. The highest BCUT2D eigenvalue weighted by molar-refractivity contribution is 9.10. The van der Waals surface area contributed by atoms with Crippen molar-refractivity contribution in [2.24, 2.45) is 0 Å². The van der Waals surface area contributed by atoms with Gasteiger partial charge in [-0.05, 0) is 36.1 Å². The standard InChI is InChI=1S/C14H19BrN4O2/c1-18(2)7-8-19-13(10(15)9-16-19)14(20)11-5-4-6-12(17-11)21-3/h4-6,9,14,20H,7-8H2,1-3H3. The molecular weight excluding hydrogens is 336 g/mol. The molecule has 0 saturated heterocycles. The zero-order chi connectivity index (χ0) is 15.4. The van der Waals surface area contributed by atoms with E-state index in [2.05, 4.69) is 30.9 Å². The molecule has 1 atom stereocenters. The second kappa shape index (κ2) is 7.02. The first-order chi connectivity index (χ1) is 10.0. The van der Waals surface area contributed by atoms with Gasteiger partial charge < -0.3 is 14.7 Å². The van der Waals surface area contributed by atoms with E-state index in [1.807, 2.05) is 14.1 Å². The van der Waals surface area contributed by atoms with Crippen molar-refractivity contribution in [3.63, 3.8) is 0 Å². The van der Waals surface area contributed by atoms with Crippen LogP contribution in [-0.2, 0) is 6.54 Å². The average molecular weight is 355 g/mol. The van der Waals surface area contributed by atoms with Gasteiger partial charge in [-0.25, -0.2) is 4.98 Å². The molecule has 114 valence electrons. The third kappa shape index (κ3) is 3.81. The van der Waals surface area contributed by atoms with E-state index in [9.17, 15) is 5.11 Å². The Morgan fingerprint density at radius 2 is 2.19 bits per heavy atom. The molecule has 2 aromatic rings. The molecule has 0 aliphatic heterocycles. The molecule has 2 heterocycles. The Labute approximate surface area is 132 Å². The number of rotatable bonds is 6. The second-order valence-electron chi connectivity index (χ2n) is 4.91. The monoisotopic (exact) mass is 354 g/mol. The van der Waals surface area contributed by atoms with Gasteiger partial charge in [0.2, 0.25) is 5.88 Å². The van der Waals surface area contributed by atoms with E-state index in [1.165, 1.54) is 0 Å². The van der Waals surface area contributed by atoms with Crippen LogP contribution in [0.5, 0.6) is 5.88 Å². The summed E-state index contributed by atoms with van der Waals surface area (Å²) in [5, 5.41) is 14.9. The number of likely N-dealkylation sites (N-methyl/N-ethyl adjacent to an activating group) is 1. The fourth-order valence-electron chi connectivity index (χ4n) is 1.95. The summed E-state index contributed by atoms with van der Waals surface area (Å²) >= 11 is 3.44. The van der Waals surface area contributed by atoms with E-state index in [4.69, 9.17) is 4.74 Å². The summed E-state index contributed by atoms with van der Waals surface area (Å²) in [6.07, 6.45) is 0.827. The van der Waals surface area contributed by atoms with Gasteiger partial charge in [-0.3, -0.25) is 4.68 Å². The van der Waals surface area contributed by atoms with Crippen molar-refractivity contribution in [3.05, 3.63) is 40.3 Å². The maximum Gasteiger partial charge on any atom is 0.213 e. The van der Waals surface area contributed by atoms with Crippen LogP contribution in [-0.4, -0.2) is 52.5 Å². The third-order valence-corrected chi connectivity index (χ3v) is 3.70. The Balaban J connectivity index is 2.29. The lowest BCUT2D eigenvalue weighted by molar-refractivity contribution is 0.199. The van der Waals surface area contributed by atoms with E-state index < -0.39 is 6.10 Å². The number of hydrogen-bond donors (Lipinski definition) is 1. The molecule has 0 spiro atoms. The minimum atomic E-state index is -0.862. The maximum absolute atomic E-state index is 10.6. The fraction of sp³-hybridized carbons (Fsp3) is 0.429. The minimum absolute atomic E-state index is 0.474. The molecule has 0 bridgehead atoms. The van der Waals surface area contributed by atoms with Gasteiger partial charge in [0.25, 0.3) is 0 Å². The van der Waals surface area contributed by atoms with Crippen molar-refractivity contribution in [1.29, 1.82) is 0 Å². The highest BCUT2D eigenvalue weighted by Gasteiger charge is 2.21. The van der Waals surface area contributed by atoms with Crippen LogP contribution in [0.25, 0.3) is 0 Å². The number of nitrogens with zero attached hydrogens (tertiary/aromatic N) is 4. The first-order valence-electron chi connectivity index (χ1n) is 6.58. The maximum atomic E-state index is 10.6. The van der Waals surface area contributed by atoms with Crippen molar-refractivity contribution < 1.29 is 9.84 Å². The Bertz CT molecular complexity index is 600. The molecule has 6 nitrogen and oxygen atoms in total. The Morgan fingerprint density at radius 3 is 2.86 bits per heavy atom. The number of halogens is 1. The highest BCUT2D eigenvalue weighted by Crippen LogP contribution is 2.28. The van der Waals surface area contributed by atoms with Crippen LogP contribution in [0.1, 0.15) is 17.5 Å². The molecule has 1 unspecified atom stereocenters. The molecule has 2 aromatic heterocycles. The van der Waals surface area contributed by atoms with Crippen LogP contribution in [0, 0.1) is 0 Å². The van der Waals surface area contributed by atoms with Crippen LogP contribution < -0.4 is 4.74 Å². The van der Waals surface area contributed by atoms with Crippen LogP contribution >= 0.6 is 15.9 Å². The number of methoxy groups -OCH3 is 1. The molecule has 21 heavy (non-hydrogen) atoms. The number of ether oxygens (including phenoxy) is 1. The first-order valence-corrected chi connectivity index (χ1v) is 7.37. The van der Waals surface area contributed by atoms with Gasteiger partial charge in [-0.2, -0.15) is 5.10 Å². The molecular formula is C14H19BrN4O2. The predicted molar refractivity (Wildman–Crippen MR) is 83.3 cm³/mol. The summed E-state index contributed by atoms with van der Waals surface area (Å²) in [5.74, 6) is 0.474. The number of hydrogen-bond acceptors (Lipinski definition) is 5. The van der Waals surface area contributed by atoms with Crippen molar-refractivity contribution >= 4 is 15.9 Å². The van der Waals surface area contributed by atoms with E-state index in [1.54, 1.807) is 36.2 Å². The Hall–Kier alpha value is -1.44. The molecule has 0 amide bonds. The number of aromatic nitrogens is 3. The topological polar surface area (TPSA) is 63.4 Å². The number of pyridine rings is 1. The zero-order valence-corrected chi connectivity index (χ0v) is 13.9. The summed E-state index contributed by atoms with van der Waals surface area (Å²) in [6, 6.07) is 5.32. The van der Waals surface area contributed by atoms with Gasteiger partial charge >= 0.3 is 0 Å². The summed E-state index contributed by atoms with van der Waals surface area (Å²) in [4.78, 5) is 6.35. The lowest BCUT2D eigenvalue weighted by Crippen LogP contribution is -2.21. The molecule has 1 N–H and O–H groups in total. The minimum Gasteiger partial charge on any atom is -0.481 e. The molecule has 2 rings (SSSR count). The van der Waals surface area contributed by atoms with Gasteiger partial charge in [0.05, 0.1) is 35.7 Å². The van der Waals surface area contributed by atoms with E-state index >= 15 is 0 Å². The van der Waals surface area contributed by atoms with Crippen LogP contribution in [0.2, 0.25) is 0 Å². The summed E-state index contributed by atoms with van der Waals surface area (Å²) in [7, 11) is 5.55. The molecule has 7 heteroatoms. The Kier molecular flexibility index (Phi) is 5.33. The van der Waals surface area contributed by atoms with E-state index in [0.29, 0.717) is 23.8 Å². The van der Waals surface area contributed by atoms with Gasteiger partial charge in [-0.15, -0.1) is 0 Å². The second-order valence-corrected chi connectivity index (χ2v) is 5.77. The molecule has 0 aliphatic carbocycles. The summed E-state index contributed by atoms with van der Waals surface area (Å²) in [5.41, 5.74) is 1.22. The van der Waals surface area contributed by atoms with Crippen molar-refractivity contribution in [2.75, 3.05) is 27.7 Å². The number of aliphatic hydroxyl groups excluding tert-OH is 1. The summed E-state index contributed by atoms with van der Waals surface area (Å²) < 4.78 is 7.65. The first kappa shape index (κ1) is 15.9. The van der Waals surface area contributed by atoms with Gasteiger partial charge in [0, 0.05) is 12.6 Å². The molecule has 0 saturated carbocycles. The van der Waals surface area contributed by atoms with Crippen molar-refractivity contribution in [2.45, 2.75) is 12.6 Å². The van der Waals surface area contributed by atoms with Crippen molar-refractivity contribution in [1.82, 2.24) is 19.7 Å². The normalized spacial score (nSPS) is 12.7. The van der Waals surface area contributed by atoms with Crippen LogP contribution in [0.3, 0.4) is 0 Å². The average Bonchev–Trinajstić information content (AvgIpc) is 2.85. The lowest BCUT2D eigenvalue weighted by Gasteiger charge is -2.16. The SMILES string of the molecule is COc1cccc(C(O)c2c(Br)cnn2CCN(C)C)n1. The smallest absolute Gasteiger partial charge is 0.213 e. The van der Waals surface area contributed by atoms with E-state index in [-0.39, 0.29) is 0 Å². The largest absolute Gasteiger partial charge is 0.481 e. The zero-order valence-electron chi connectivity index (χ0n) is 12.3. The third-order valence-electron chi connectivity index (χ3n) is 3.09. The van der Waals surface area contributed by atoms with Crippen molar-refractivity contribution in [3.8, 4) is 5.88 Å². The molecule has 0 fully saturated rings. The lowest BCUT2D eigenvalue weighted by atomic mass is 10.1. The summed E-state index contributed by atoms with van der Waals surface area (Å²) in [6.45, 7) is 1.52. The van der Waals surface area contributed by atoms with Crippen LogP contribution in [0.15, 0.2) is 28.9 Å². The molecule has 0 aliphatic rings. The predicted octanol–water partition coefficient (Wildman–Crippen LogP) is 1.69. The highest BCUT2D eigenvalue weighted by atomic mass is 79.9. The molecule has 0 radical (unpaired) electrons. The van der Waals surface area contributed by atoms with Crippen LogP contribution in [0.4, 0.5) is 0 Å². The fourth-order valence-corrected chi connectivity index (χ4v) is 2.47. The number of aliphatic hydroxyl groups is 1. The van der Waals surface area contributed by atoms with E-state index in [0.717, 1.165) is 11.0 Å². The Morgan fingerprint density at radius 1 is 1.43 bits per heavy atom. The van der Waals surface area contributed by atoms with Gasteiger partial charge in [0.15, 0.2) is 0 Å². The molecule has 0 aromatic carbocycles.